The van der Waals surface area contributed by atoms with Crippen LogP contribution in [0, 0.1) is 5.92 Å². The standard InChI is InChI=1S/C15H23NOS/c1-11(2)18-14-6-4-13(5-7-14)15(9-17-10-15)12(3)8-16/h4-7,11-12H,8-10,16H2,1-3H3. The lowest BCUT2D eigenvalue weighted by Gasteiger charge is -2.46. The van der Waals surface area contributed by atoms with Crippen molar-refractivity contribution in [3.05, 3.63) is 29.8 Å². The molecule has 1 atom stereocenters. The molecule has 1 heterocycles. The molecule has 0 saturated carbocycles. The van der Waals surface area contributed by atoms with E-state index in [1.165, 1.54) is 10.5 Å². The topological polar surface area (TPSA) is 35.2 Å². The largest absolute Gasteiger partial charge is 0.379 e. The molecule has 1 aromatic rings. The van der Waals surface area contributed by atoms with Crippen molar-refractivity contribution in [1.29, 1.82) is 0 Å². The second-order valence-corrected chi connectivity index (χ2v) is 7.13. The SMILES string of the molecule is CC(C)Sc1ccc(C2(C(C)CN)COC2)cc1. The zero-order valence-electron chi connectivity index (χ0n) is 11.5. The van der Waals surface area contributed by atoms with E-state index < -0.39 is 0 Å². The first-order valence-electron chi connectivity index (χ1n) is 6.63. The minimum absolute atomic E-state index is 0.149. The second kappa shape index (κ2) is 5.64. The Morgan fingerprint density at radius 1 is 1.22 bits per heavy atom. The molecule has 0 amide bonds. The molecule has 1 aliphatic rings. The Balaban J connectivity index is 2.17. The number of thioether (sulfide) groups is 1. The van der Waals surface area contributed by atoms with Crippen LogP contribution in [0.4, 0.5) is 0 Å². The molecule has 1 aliphatic heterocycles. The predicted molar refractivity (Wildman–Crippen MR) is 78.2 cm³/mol. The first kappa shape index (κ1) is 13.9. The molecule has 100 valence electrons. The number of hydrogen-bond donors (Lipinski definition) is 1. The lowest BCUT2D eigenvalue weighted by molar-refractivity contribution is -0.0854. The third-order valence-corrected chi connectivity index (χ3v) is 4.83. The van der Waals surface area contributed by atoms with E-state index in [1.54, 1.807) is 0 Å². The highest BCUT2D eigenvalue weighted by atomic mass is 32.2. The highest BCUT2D eigenvalue weighted by molar-refractivity contribution is 7.99. The van der Waals surface area contributed by atoms with Gasteiger partial charge in [-0.1, -0.05) is 32.9 Å². The number of hydrogen-bond acceptors (Lipinski definition) is 3. The van der Waals surface area contributed by atoms with Crippen LogP contribution < -0.4 is 5.73 Å². The minimum atomic E-state index is 0.149. The summed E-state index contributed by atoms with van der Waals surface area (Å²) in [6, 6.07) is 8.95. The van der Waals surface area contributed by atoms with Gasteiger partial charge in [0.25, 0.3) is 0 Å². The maximum absolute atomic E-state index is 5.84. The van der Waals surface area contributed by atoms with E-state index in [1.807, 2.05) is 11.8 Å². The highest BCUT2D eigenvalue weighted by Crippen LogP contribution is 2.39. The first-order chi connectivity index (χ1) is 8.58. The van der Waals surface area contributed by atoms with Gasteiger partial charge in [-0.25, -0.2) is 0 Å². The van der Waals surface area contributed by atoms with Gasteiger partial charge in [0.05, 0.1) is 13.2 Å². The molecule has 0 radical (unpaired) electrons. The lowest BCUT2D eigenvalue weighted by atomic mass is 9.69. The maximum Gasteiger partial charge on any atom is 0.0588 e. The van der Waals surface area contributed by atoms with Crippen molar-refractivity contribution >= 4 is 11.8 Å². The van der Waals surface area contributed by atoms with E-state index in [0.29, 0.717) is 17.7 Å². The molecule has 1 saturated heterocycles. The third kappa shape index (κ3) is 2.58. The van der Waals surface area contributed by atoms with Gasteiger partial charge < -0.3 is 10.5 Å². The van der Waals surface area contributed by atoms with Crippen LogP contribution in [0.3, 0.4) is 0 Å². The van der Waals surface area contributed by atoms with E-state index in [2.05, 4.69) is 45.0 Å². The summed E-state index contributed by atoms with van der Waals surface area (Å²) in [5, 5.41) is 0.625. The lowest BCUT2D eigenvalue weighted by Crippen LogP contribution is -2.53. The summed E-state index contributed by atoms with van der Waals surface area (Å²) in [6.45, 7) is 8.99. The molecule has 1 fully saturated rings. The van der Waals surface area contributed by atoms with Gasteiger partial charge in [-0.15, -0.1) is 11.8 Å². The predicted octanol–water partition coefficient (Wildman–Crippen LogP) is 3.05. The molecule has 1 aromatic carbocycles. The summed E-state index contributed by atoms with van der Waals surface area (Å²) in [6.07, 6.45) is 0. The number of ether oxygens (including phenoxy) is 1. The van der Waals surface area contributed by atoms with Crippen LogP contribution >= 0.6 is 11.8 Å². The fraction of sp³-hybridized carbons (Fsp3) is 0.600. The summed E-state index contributed by atoms with van der Waals surface area (Å²) in [5.41, 5.74) is 7.36. The average Bonchev–Trinajstić information content (AvgIpc) is 2.29. The summed E-state index contributed by atoms with van der Waals surface area (Å²) in [7, 11) is 0. The van der Waals surface area contributed by atoms with E-state index in [9.17, 15) is 0 Å². The van der Waals surface area contributed by atoms with Gasteiger partial charge in [-0.3, -0.25) is 0 Å². The fourth-order valence-corrected chi connectivity index (χ4v) is 3.26. The molecule has 1 unspecified atom stereocenters. The van der Waals surface area contributed by atoms with Crippen LogP contribution in [0.25, 0.3) is 0 Å². The van der Waals surface area contributed by atoms with Crippen LogP contribution in [0.5, 0.6) is 0 Å². The Labute approximate surface area is 114 Å². The van der Waals surface area contributed by atoms with Gasteiger partial charge in [0, 0.05) is 15.6 Å². The molecule has 2 rings (SSSR count). The van der Waals surface area contributed by atoms with Crippen molar-refractivity contribution in [2.75, 3.05) is 19.8 Å². The van der Waals surface area contributed by atoms with E-state index in [-0.39, 0.29) is 5.41 Å². The van der Waals surface area contributed by atoms with Crippen molar-refractivity contribution in [2.45, 2.75) is 36.3 Å². The Morgan fingerprint density at radius 3 is 2.22 bits per heavy atom. The van der Waals surface area contributed by atoms with Gasteiger partial charge in [0.1, 0.15) is 0 Å². The smallest absolute Gasteiger partial charge is 0.0588 e. The van der Waals surface area contributed by atoms with Crippen molar-refractivity contribution < 1.29 is 4.74 Å². The van der Waals surface area contributed by atoms with Crippen LogP contribution in [0.1, 0.15) is 26.3 Å². The molecule has 3 heteroatoms. The zero-order chi connectivity index (χ0) is 13.2. The van der Waals surface area contributed by atoms with Crippen molar-refractivity contribution in [1.82, 2.24) is 0 Å². The molecule has 0 aromatic heterocycles. The molecule has 2 nitrogen and oxygen atoms in total. The monoisotopic (exact) mass is 265 g/mol. The Morgan fingerprint density at radius 2 is 1.83 bits per heavy atom. The van der Waals surface area contributed by atoms with E-state index >= 15 is 0 Å². The second-order valence-electron chi connectivity index (χ2n) is 5.48. The summed E-state index contributed by atoms with van der Waals surface area (Å²) < 4.78 is 5.45. The summed E-state index contributed by atoms with van der Waals surface area (Å²) >= 11 is 1.90. The van der Waals surface area contributed by atoms with Crippen LogP contribution in [0.15, 0.2) is 29.2 Å². The van der Waals surface area contributed by atoms with Crippen molar-refractivity contribution in [3.63, 3.8) is 0 Å². The first-order valence-corrected chi connectivity index (χ1v) is 7.51. The Kier molecular flexibility index (Phi) is 4.36. The van der Waals surface area contributed by atoms with Crippen LogP contribution in [-0.2, 0) is 10.2 Å². The highest BCUT2D eigenvalue weighted by Gasteiger charge is 2.44. The number of rotatable bonds is 5. The molecular formula is C15H23NOS. The number of nitrogens with two attached hydrogens (primary N) is 1. The number of benzene rings is 1. The molecule has 0 aliphatic carbocycles. The maximum atomic E-state index is 5.84. The zero-order valence-corrected chi connectivity index (χ0v) is 12.3. The van der Waals surface area contributed by atoms with Gasteiger partial charge >= 0.3 is 0 Å². The van der Waals surface area contributed by atoms with Crippen molar-refractivity contribution in [3.8, 4) is 0 Å². The Bertz CT molecular complexity index is 384. The van der Waals surface area contributed by atoms with Crippen molar-refractivity contribution in [2.24, 2.45) is 11.7 Å². The van der Waals surface area contributed by atoms with Crippen LogP contribution in [0.2, 0.25) is 0 Å². The van der Waals surface area contributed by atoms with E-state index in [4.69, 9.17) is 10.5 Å². The Hall–Kier alpha value is -0.510. The molecule has 2 N–H and O–H groups in total. The van der Waals surface area contributed by atoms with Gasteiger partial charge in [0.15, 0.2) is 0 Å². The summed E-state index contributed by atoms with van der Waals surface area (Å²) in [5.74, 6) is 0.467. The van der Waals surface area contributed by atoms with Gasteiger partial charge in [-0.05, 0) is 30.2 Å². The van der Waals surface area contributed by atoms with Crippen LogP contribution in [-0.4, -0.2) is 25.0 Å². The van der Waals surface area contributed by atoms with Gasteiger partial charge in [-0.2, -0.15) is 0 Å². The molecular weight excluding hydrogens is 242 g/mol. The molecule has 0 spiro atoms. The quantitative estimate of drug-likeness (QED) is 0.831. The normalized spacial score (nSPS) is 19.6. The minimum Gasteiger partial charge on any atom is -0.379 e. The fourth-order valence-electron chi connectivity index (χ4n) is 2.42. The summed E-state index contributed by atoms with van der Waals surface area (Å²) in [4.78, 5) is 1.34. The average molecular weight is 265 g/mol. The molecule has 0 bridgehead atoms. The third-order valence-electron chi connectivity index (χ3n) is 3.82. The van der Waals surface area contributed by atoms with Gasteiger partial charge in [0.2, 0.25) is 0 Å². The molecule has 18 heavy (non-hydrogen) atoms. The van der Waals surface area contributed by atoms with E-state index in [0.717, 1.165) is 13.2 Å².